The number of benzene rings is 1. The first kappa shape index (κ1) is 28.8. The van der Waals surface area contributed by atoms with Gasteiger partial charge in [-0.2, -0.15) is 0 Å². The van der Waals surface area contributed by atoms with Crippen molar-refractivity contribution in [2.24, 2.45) is 17.4 Å². The summed E-state index contributed by atoms with van der Waals surface area (Å²) in [7, 11) is 0. The maximum absolute atomic E-state index is 13.1. The number of carboxylic acid groups (broad SMARTS) is 1. The van der Waals surface area contributed by atoms with E-state index < -0.39 is 47.9 Å². The topological polar surface area (TPSA) is 192 Å². The lowest BCUT2D eigenvalue weighted by molar-refractivity contribution is -0.143. The summed E-state index contributed by atoms with van der Waals surface area (Å²) in [6, 6.07) is 3.58. The summed E-state index contributed by atoms with van der Waals surface area (Å²) in [6.07, 6.45) is 3.74. The fraction of sp³-hybridized carbons (Fsp3) is 0.520. The lowest BCUT2D eigenvalue weighted by Gasteiger charge is -2.25. The third-order valence-corrected chi connectivity index (χ3v) is 6.02. The standard InChI is InChI=1S/C25H38N6O5/c1-14(2)21(25(35)36)31-24(34)20(12-16-13-28-19-10-5-4-8-17(16)19)30-22(32)15(3)29-23(33)18(27)9-6-7-11-26/h4-5,8,10,13-15,18,20-21,28H,6-7,9,11-12,26-27H2,1-3H3,(H,29,33)(H,30,32)(H,31,34)(H,35,36). The Labute approximate surface area is 210 Å². The molecule has 0 spiro atoms. The number of carbonyl (C=O) groups is 4. The third kappa shape index (κ3) is 8.06. The Morgan fingerprint density at radius 1 is 0.972 bits per heavy atom. The molecule has 4 atom stereocenters. The number of fused-ring (bicyclic) bond motifs is 1. The highest BCUT2D eigenvalue weighted by atomic mass is 16.4. The maximum atomic E-state index is 13.1. The number of nitrogens with one attached hydrogen (secondary N) is 4. The van der Waals surface area contributed by atoms with Crippen LogP contribution in [0.4, 0.5) is 0 Å². The zero-order chi connectivity index (χ0) is 26.8. The Kier molecular flexibility index (Phi) is 10.9. The first-order valence-corrected chi connectivity index (χ1v) is 12.2. The van der Waals surface area contributed by atoms with E-state index in [2.05, 4.69) is 20.9 Å². The normalized spacial score (nSPS) is 14.6. The molecule has 11 nitrogen and oxygen atoms in total. The fourth-order valence-electron chi connectivity index (χ4n) is 3.82. The predicted molar refractivity (Wildman–Crippen MR) is 137 cm³/mol. The van der Waals surface area contributed by atoms with E-state index in [9.17, 15) is 24.3 Å². The highest BCUT2D eigenvalue weighted by Gasteiger charge is 2.30. The van der Waals surface area contributed by atoms with Crippen LogP contribution < -0.4 is 27.4 Å². The number of carbonyl (C=O) groups excluding carboxylic acids is 3. The second kappa shape index (κ2) is 13.6. The van der Waals surface area contributed by atoms with Crippen molar-refractivity contribution in [3.63, 3.8) is 0 Å². The molecule has 2 rings (SSSR count). The summed E-state index contributed by atoms with van der Waals surface area (Å²) < 4.78 is 0. The van der Waals surface area contributed by atoms with Crippen LogP contribution in [-0.4, -0.2) is 64.5 Å². The average molecular weight is 503 g/mol. The number of H-pyrrole nitrogens is 1. The highest BCUT2D eigenvalue weighted by Crippen LogP contribution is 2.19. The zero-order valence-corrected chi connectivity index (χ0v) is 21.0. The third-order valence-electron chi connectivity index (χ3n) is 6.02. The van der Waals surface area contributed by atoms with Gasteiger partial charge in [-0.15, -0.1) is 0 Å². The Morgan fingerprint density at radius 3 is 2.31 bits per heavy atom. The number of aromatic amines is 1. The molecule has 36 heavy (non-hydrogen) atoms. The molecule has 1 aromatic carbocycles. The predicted octanol–water partition coefficient (Wildman–Crippen LogP) is 0.382. The smallest absolute Gasteiger partial charge is 0.326 e. The molecule has 3 amide bonds. The number of hydrogen-bond acceptors (Lipinski definition) is 6. The second-order valence-electron chi connectivity index (χ2n) is 9.31. The van der Waals surface area contributed by atoms with Crippen LogP contribution in [0.15, 0.2) is 30.5 Å². The summed E-state index contributed by atoms with van der Waals surface area (Å²) in [5.74, 6) is -3.23. The molecule has 0 saturated heterocycles. The number of hydrogen-bond donors (Lipinski definition) is 7. The first-order valence-electron chi connectivity index (χ1n) is 12.2. The minimum atomic E-state index is -1.17. The van der Waals surface area contributed by atoms with Gasteiger partial charge in [0, 0.05) is 23.5 Å². The molecule has 1 aromatic heterocycles. The van der Waals surface area contributed by atoms with Gasteiger partial charge in [0.25, 0.3) is 0 Å². The molecular formula is C25H38N6O5. The van der Waals surface area contributed by atoms with E-state index in [4.69, 9.17) is 11.5 Å². The number of unbranched alkanes of at least 4 members (excludes halogenated alkanes) is 1. The van der Waals surface area contributed by atoms with E-state index >= 15 is 0 Å². The lowest BCUT2D eigenvalue weighted by Crippen LogP contribution is -2.57. The van der Waals surface area contributed by atoms with Crippen LogP contribution in [0.5, 0.6) is 0 Å². The molecule has 0 aliphatic carbocycles. The van der Waals surface area contributed by atoms with E-state index in [1.54, 1.807) is 20.0 Å². The van der Waals surface area contributed by atoms with Crippen molar-refractivity contribution in [3.05, 3.63) is 36.0 Å². The van der Waals surface area contributed by atoms with Crippen molar-refractivity contribution in [2.75, 3.05) is 6.54 Å². The molecule has 2 aromatic rings. The molecule has 198 valence electrons. The van der Waals surface area contributed by atoms with Crippen molar-refractivity contribution in [1.82, 2.24) is 20.9 Å². The van der Waals surface area contributed by atoms with Crippen LogP contribution >= 0.6 is 0 Å². The highest BCUT2D eigenvalue weighted by molar-refractivity contribution is 5.94. The summed E-state index contributed by atoms with van der Waals surface area (Å²) in [5, 5.41) is 18.2. The molecule has 1 heterocycles. The number of aliphatic carboxylic acids is 1. The van der Waals surface area contributed by atoms with Gasteiger partial charge in [-0.25, -0.2) is 4.79 Å². The van der Waals surface area contributed by atoms with Gasteiger partial charge < -0.3 is 37.5 Å². The summed E-state index contributed by atoms with van der Waals surface area (Å²) in [4.78, 5) is 53.2. The van der Waals surface area contributed by atoms with Crippen LogP contribution in [0.1, 0.15) is 45.6 Å². The molecule has 0 aliphatic rings. The minimum absolute atomic E-state index is 0.116. The van der Waals surface area contributed by atoms with Crippen LogP contribution in [0.25, 0.3) is 10.9 Å². The van der Waals surface area contributed by atoms with Gasteiger partial charge in [-0.1, -0.05) is 38.5 Å². The Morgan fingerprint density at radius 2 is 1.67 bits per heavy atom. The van der Waals surface area contributed by atoms with Gasteiger partial charge in [0.15, 0.2) is 0 Å². The van der Waals surface area contributed by atoms with Crippen molar-refractivity contribution in [3.8, 4) is 0 Å². The SMILES string of the molecule is CC(NC(=O)C(N)CCCCN)C(=O)NC(Cc1c[nH]c2ccccc12)C(=O)NC(C(=O)O)C(C)C. The van der Waals surface area contributed by atoms with Crippen molar-refractivity contribution in [2.45, 2.75) is 70.6 Å². The summed E-state index contributed by atoms with van der Waals surface area (Å²) >= 11 is 0. The van der Waals surface area contributed by atoms with Crippen LogP contribution in [0.2, 0.25) is 0 Å². The molecule has 0 radical (unpaired) electrons. The van der Waals surface area contributed by atoms with Crippen LogP contribution in [0, 0.1) is 5.92 Å². The minimum Gasteiger partial charge on any atom is -0.480 e. The second-order valence-corrected chi connectivity index (χ2v) is 9.31. The molecule has 11 heteroatoms. The number of rotatable bonds is 14. The zero-order valence-electron chi connectivity index (χ0n) is 21.0. The molecule has 9 N–H and O–H groups in total. The number of aromatic nitrogens is 1. The molecule has 0 fully saturated rings. The van der Waals surface area contributed by atoms with Crippen molar-refractivity contribution >= 4 is 34.6 Å². The van der Waals surface area contributed by atoms with Crippen molar-refractivity contribution in [1.29, 1.82) is 0 Å². The summed E-state index contributed by atoms with van der Waals surface area (Å²) in [6.45, 7) is 5.36. The van der Waals surface area contributed by atoms with Gasteiger partial charge in [0.1, 0.15) is 18.1 Å². The Balaban J connectivity index is 2.16. The van der Waals surface area contributed by atoms with E-state index in [1.807, 2.05) is 24.3 Å². The number of nitrogens with two attached hydrogens (primary N) is 2. The van der Waals surface area contributed by atoms with Gasteiger partial charge in [0.05, 0.1) is 6.04 Å². The number of amides is 3. The van der Waals surface area contributed by atoms with Crippen LogP contribution in [-0.2, 0) is 25.6 Å². The van der Waals surface area contributed by atoms with Gasteiger partial charge in [-0.3, -0.25) is 14.4 Å². The monoisotopic (exact) mass is 502 g/mol. The number of carboxylic acids is 1. The quantitative estimate of drug-likeness (QED) is 0.181. The van der Waals surface area contributed by atoms with E-state index in [-0.39, 0.29) is 12.3 Å². The largest absolute Gasteiger partial charge is 0.480 e. The molecule has 0 saturated carbocycles. The van der Waals surface area contributed by atoms with Crippen molar-refractivity contribution < 1.29 is 24.3 Å². The molecular weight excluding hydrogens is 464 g/mol. The number of para-hydroxylation sites is 1. The Hall–Kier alpha value is -3.44. The maximum Gasteiger partial charge on any atom is 0.326 e. The fourth-order valence-corrected chi connectivity index (χ4v) is 3.82. The van der Waals surface area contributed by atoms with E-state index in [0.29, 0.717) is 19.4 Å². The first-order chi connectivity index (χ1) is 17.0. The summed E-state index contributed by atoms with van der Waals surface area (Å²) in [5.41, 5.74) is 13.0. The van der Waals surface area contributed by atoms with Gasteiger partial charge in [-0.05, 0) is 43.9 Å². The lowest BCUT2D eigenvalue weighted by atomic mass is 10.0. The van der Waals surface area contributed by atoms with E-state index in [0.717, 1.165) is 22.9 Å². The van der Waals surface area contributed by atoms with Crippen LogP contribution in [0.3, 0.4) is 0 Å². The average Bonchev–Trinajstić information content (AvgIpc) is 3.24. The van der Waals surface area contributed by atoms with Gasteiger partial charge >= 0.3 is 5.97 Å². The molecule has 4 unspecified atom stereocenters. The Bertz CT molecular complexity index is 1050. The molecule has 0 bridgehead atoms. The molecule has 0 aliphatic heterocycles. The van der Waals surface area contributed by atoms with Gasteiger partial charge in [0.2, 0.25) is 17.7 Å². The van der Waals surface area contributed by atoms with E-state index in [1.165, 1.54) is 6.92 Å².